The molecule has 0 aromatic heterocycles. The van der Waals surface area contributed by atoms with Crippen molar-refractivity contribution in [1.82, 2.24) is 10.6 Å². The number of nitrogens with one attached hydrogen (secondary N) is 2. The molecule has 0 aliphatic heterocycles. The summed E-state index contributed by atoms with van der Waals surface area (Å²) in [7, 11) is 0. The summed E-state index contributed by atoms with van der Waals surface area (Å²) in [4.78, 5) is 32.7. The van der Waals surface area contributed by atoms with Gasteiger partial charge in [0.2, 0.25) is 47.2 Å². The standard InChI is InChI=1S/C20H25F5N2O8/c21-15-16(22)18(24)20(19(25)17(15)23)35-14(30)1-3-31-5-7-33-9-10-34-8-6-32-4-2-27-13(29)11-26-12-28/h12H,1-11H2,(H,26,28)(H,27,29). The summed E-state index contributed by atoms with van der Waals surface area (Å²) >= 11 is 0. The number of carbonyl (C=O) groups is 3. The Kier molecular flexibility index (Phi) is 15.1. The minimum absolute atomic E-state index is 0.0625. The van der Waals surface area contributed by atoms with Gasteiger partial charge >= 0.3 is 5.97 Å². The third-order valence-electron chi connectivity index (χ3n) is 3.87. The lowest BCUT2D eigenvalue weighted by atomic mass is 10.2. The Morgan fingerprint density at radius 2 is 1.14 bits per heavy atom. The molecule has 1 rings (SSSR count). The largest absolute Gasteiger partial charge is 0.420 e. The van der Waals surface area contributed by atoms with E-state index in [1.165, 1.54) is 0 Å². The molecule has 0 bridgehead atoms. The van der Waals surface area contributed by atoms with E-state index in [0.29, 0.717) is 19.6 Å². The predicted molar refractivity (Wildman–Crippen MR) is 107 cm³/mol. The number of hydrogen-bond acceptors (Lipinski definition) is 8. The van der Waals surface area contributed by atoms with Crippen molar-refractivity contribution in [3.63, 3.8) is 0 Å². The highest BCUT2D eigenvalue weighted by atomic mass is 19.2. The normalized spacial score (nSPS) is 10.8. The maximum Gasteiger partial charge on any atom is 0.313 e. The van der Waals surface area contributed by atoms with Gasteiger partial charge in [0.1, 0.15) is 0 Å². The number of benzene rings is 1. The summed E-state index contributed by atoms with van der Waals surface area (Å²) in [5, 5.41) is 4.75. The highest BCUT2D eigenvalue weighted by molar-refractivity contribution is 5.79. The highest BCUT2D eigenvalue weighted by Gasteiger charge is 2.28. The molecule has 0 heterocycles. The molecule has 0 unspecified atom stereocenters. The van der Waals surface area contributed by atoms with Gasteiger partial charge < -0.3 is 34.3 Å². The van der Waals surface area contributed by atoms with Crippen LogP contribution in [0.5, 0.6) is 5.75 Å². The van der Waals surface area contributed by atoms with Crippen LogP contribution >= 0.6 is 0 Å². The molecule has 0 fully saturated rings. The zero-order valence-electron chi connectivity index (χ0n) is 18.5. The van der Waals surface area contributed by atoms with Crippen LogP contribution in [0.15, 0.2) is 0 Å². The quantitative estimate of drug-likeness (QED) is 0.0522. The predicted octanol–water partition coefficient (Wildman–Crippen LogP) is 0.606. The van der Waals surface area contributed by atoms with Gasteiger partial charge in [0.05, 0.1) is 65.8 Å². The summed E-state index contributed by atoms with van der Waals surface area (Å²) < 4.78 is 90.9. The molecule has 0 radical (unpaired) electrons. The molecule has 0 atom stereocenters. The molecule has 198 valence electrons. The van der Waals surface area contributed by atoms with Crippen molar-refractivity contribution in [3.05, 3.63) is 29.1 Å². The third kappa shape index (κ3) is 11.9. The smallest absolute Gasteiger partial charge is 0.313 e. The Morgan fingerprint density at radius 3 is 1.66 bits per heavy atom. The summed E-state index contributed by atoms with van der Waals surface area (Å²) in [5.41, 5.74) is 0. The Hall–Kier alpha value is -2.88. The molecule has 0 aliphatic carbocycles. The second kappa shape index (κ2) is 17.5. The van der Waals surface area contributed by atoms with E-state index in [-0.39, 0.29) is 58.6 Å². The first-order valence-corrected chi connectivity index (χ1v) is 10.3. The van der Waals surface area contributed by atoms with Crippen molar-refractivity contribution < 1.29 is 60.0 Å². The minimum Gasteiger partial charge on any atom is -0.420 e. The van der Waals surface area contributed by atoms with E-state index in [2.05, 4.69) is 15.4 Å². The van der Waals surface area contributed by atoms with Gasteiger partial charge in [0, 0.05) is 6.54 Å². The van der Waals surface area contributed by atoms with Crippen LogP contribution in [-0.2, 0) is 33.3 Å². The maximum absolute atomic E-state index is 13.4. The van der Waals surface area contributed by atoms with Crippen LogP contribution < -0.4 is 15.4 Å². The van der Waals surface area contributed by atoms with Crippen molar-refractivity contribution in [1.29, 1.82) is 0 Å². The molecular formula is C20H25F5N2O8. The van der Waals surface area contributed by atoms with Crippen LogP contribution in [0.2, 0.25) is 0 Å². The molecule has 0 saturated heterocycles. The summed E-state index contributed by atoms with van der Waals surface area (Å²) in [6, 6.07) is 0. The number of esters is 1. The van der Waals surface area contributed by atoms with Crippen LogP contribution in [0.1, 0.15) is 6.42 Å². The maximum atomic E-state index is 13.4. The van der Waals surface area contributed by atoms with E-state index in [9.17, 15) is 36.3 Å². The number of carbonyl (C=O) groups excluding carboxylic acids is 3. The second-order valence-corrected chi connectivity index (χ2v) is 6.42. The van der Waals surface area contributed by atoms with E-state index < -0.39 is 47.2 Å². The Bertz CT molecular complexity index is 802. The second-order valence-electron chi connectivity index (χ2n) is 6.42. The number of amides is 2. The minimum atomic E-state index is -2.36. The van der Waals surface area contributed by atoms with Gasteiger partial charge in [-0.25, -0.2) is 13.2 Å². The molecule has 1 aromatic rings. The van der Waals surface area contributed by atoms with Crippen LogP contribution in [-0.4, -0.2) is 84.2 Å². The Balaban J connectivity index is 1.98. The van der Waals surface area contributed by atoms with Gasteiger partial charge in [-0.15, -0.1) is 0 Å². The third-order valence-corrected chi connectivity index (χ3v) is 3.87. The number of rotatable bonds is 19. The first-order chi connectivity index (χ1) is 16.8. The van der Waals surface area contributed by atoms with Crippen molar-refractivity contribution in [2.75, 3.05) is 65.9 Å². The monoisotopic (exact) mass is 516 g/mol. The number of hydrogen-bond donors (Lipinski definition) is 2. The Morgan fingerprint density at radius 1 is 0.686 bits per heavy atom. The summed E-state index contributed by atoms with van der Waals surface area (Å²) in [6.45, 7) is 1.54. The van der Waals surface area contributed by atoms with Crippen molar-refractivity contribution in [3.8, 4) is 5.75 Å². The molecule has 10 nitrogen and oxygen atoms in total. The van der Waals surface area contributed by atoms with Crippen LogP contribution in [0.4, 0.5) is 22.0 Å². The van der Waals surface area contributed by atoms with E-state index in [1.807, 2.05) is 0 Å². The fourth-order valence-electron chi connectivity index (χ4n) is 2.22. The van der Waals surface area contributed by atoms with Crippen molar-refractivity contribution in [2.45, 2.75) is 6.42 Å². The van der Waals surface area contributed by atoms with E-state index in [0.717, 1.165) is 0 Å². The van der Waals surface area contributed by atoms with Crippen LogP contribution in [0, 0.1) is 29.1 Å². The van der Waals surface area contributed by atoms with Crippen molar-refractivity contribution in [2.24, 2.45) is 0 Å². The summed E-state index contributed by atoms with van der Waals surface area (Å²) in [5.74, 6) is -14.5. The van der Waals surface area contributed by atoms with Gasteiger partial charge in [-0.05, 0) is 0 Å². The van der Waals surface area contributed by atoms with Gasteiger partial charge in [0.15, 0.2) is 0 Å². The van der Waals surface area contributed by atoms with Gasteiger partial charge in [0.25, 0.3) is 0 Å². The fraction of sp³-hybridized carbons (Fsp3) is 0.550. The van der Waals surface area contributed by atoms with Gasteiger partial charge in [-0.2, -0.15) is 8.78 Å². The molecular weight excluding hydrogens is 491 g/mol. The average molecular weight is 516 g/mol. The molecule has 35 heavy (non-hydrogen) atoms. The number of ether oxygens (including phenoxy) is 5. The molecule has 0 saturated carbocycles. The summed E-state index contributed by atoms with van der Waals surface area (Å²) in [6.07, 6.45) is -0.0758. The molecule has 15 heteroatoms. The topological polar surface area (TPSA) is 121 Å². The molecule has 2 amide bonds. The van der Waals surface area contributed by atoms with E-state index >= 15 is 0 Å². The zero-order valence-corrected chi connectivity index (χ0v) is 18.5. The highest BCUT2D eigenvalue weighted by Crippen LogP contribution is 2.29. The van der Waals surface area contributed by atoms with E-state index in [4.69, 9.17) is 18.9 Å². The van der Waals surface area contributed by atoms with Crippen LogP contribution in [0.3, 0.4) is 0 Å². The lowest BCUT2D eigenvalue weighted by Gasteiger charge is -2.09. The van der Waals surface area contributed by atoms with Gasteiger partial charge in [-0.1, -0.05) is 0 Å². The Labute approximate surface area is 197 Å². The molecule has 0 aliphatic rings. The zero-order chi connectivity index (χ0) is 26.1. The molecule has 2 N–H and O–H groups in total. The molecule has 0 spiro atoms. The van der Waals surface area contributed by atoms with Crippen LogP contribution in [0.25, 0.3) is 0 Å². The van der Waals surface area contributed by atoms with Gasteiger partial charge in [-0.3, -0.25) is 14.4 Å². The lowest BCUT2D eigenvalue weighted by molar-refractivity contribution is -0.136. The SMILES string of the molecule is O=CNCC(=O)NCCOCCOCCOCCOCCC(=O)Oc1c(F)c(F)c(F)c(F)c1F. The molecule has 1 aromatic carbocycles. The number of halogens is 5. The first kappa shape index (κ1) is 30.2. The lowest BCUT2D eigenvalue weighted by Crippen LogP contribution is -2.35. The van der Waals surface area contributed by atoms with Crippen molar-refractivity contribution >= 4 is 18.3 Å². The first-order valence-electron chi connectivity index (χ1n) is 10.3. The average Bonchev–Trinajstić information content (AvgIpc) is 2.85. The van der Waals surface area contributed by atoms with E-state index in [1.54, 1.807) is 0 Å². The fourth-order valence-corrected chi connectivity index (χ4v) is 2.22.